The average Bonchev–Trinajstić information content (AvgIpc) is 2.47. The van der Waals surface area contributed by atoms with E-state index in [1.165, 1.54) is 26.3 Å². The van der Waals surface area contributed by atoms with Crippen molar-refractivity contribution in [3.05, 3.63) is 16.4 Å². The lowest BCUT2D eigenvalue weighted by molar-refractivity contribution is -0.387. The summed E-state index contributed by atoms with van der Waals surface area (Å²) in [4.78, 5) is 18.0. The molecule has 8 nitrogen and oxygen atoms in total. The minimum absolute atomic E-state index is 0.0438. The van der Waals surface area contributed by atoms with Crippen LogP contribution < -0.4 is 14.8 Å². The van der Waals surface area contributed by atoms with Gasteiger partial charge in [-0.05, 0) is 25.8 Å². The Labute approximate surface area is 116 Å². The van der Waals surface area contributed by atoms with Crippen LogP contribution in [0.4, 0.5) is 5.69 Å². The molecule has 0 saturated carbocycles. The van der Waals surface area contributed by atoms with Gasteiger partial charge in [0, 0.05) is 6.04 Å². The van der Waals surface area contributed by atoms with Gasteiger partial charge in [-0.15, -0.1) is 0 Å². The molecule has 1 aliphatic rings. The van der Waals surface area contributed by atoms with Crippen LogP contribution in [0.15, 0.2) is 6.33 Å². The normalized spacial score (nSPS) is 18.6. The van der Waals surface area contributed by atoms with Gasteiger partial charge in [-0.1, -0.05) is 6.42 Å². The maximum atomic E-state index is 11.0. The van der Waals surface area contributed by atoms with Gasteiger partial charge in [0.1, 0.15) is 6.33 Å². The molecule has 20 heavy (non-hydrogen) atoms. The molecule has 1 aromatic heterocycles. The third-order valence-electron chi connectivity index (χ3n) is 3.25. The lowest BCUT2D eigenvalue weighted by Crippen LogP contribution is -2.35. The van der Waals surface area contributed by atoms with Crippen LogP contribution in [0.25, 0.3) is 0 Å². The fraction of sp³-hybridized carbons (Fsp3) is 0.667. The summed E-state index contributed by atoms with van der Waals surface area (Å²) in [5.41, 5.74) is -0.327. The second-order valence-electron chi connectivity index (χ2n) is 4.58. The number of aromatic nitrogens is 2. The van der Waals surface area contributed by atoms with Crippen LogP contribution >= 0.6 is 0 Å². The van der Waals surface area contributed by atoms with Crippen molar-refractivity contribution in [2.75, 3.05) is 20.3 Å². The number of hydrogen-bond acceptors (Lipinski definition) is 7. The van der Waals surface area contributed by atoms with Crippen molar-refractivity contribution in [2.24, 2.45) is 0 Å². The van der Waals surface area contributed by atoms with Gasteiger partial charge in [0.2, 0.25) is 0 Å². The Balaban J connectivity index is 1.96. The molecule has 1 N–H and O–H groups in total. The second kappa shape index (κ2) is 6.99. The van der Waals surface area contributed by atoms with E-state index in [1.54, 1.807) is 0 Å². The van der Waals surface area contributed by atoms with E-state index in [0.717, 1.165) is 19.4 Å². The van der Waals surface area contributed by atoms with E-state index in [9.17, 15) is 10.1 Å². The number of nitrogens with zero attached hydrogens (tertiary/aromatic N) is 3. The van der Waals surface area contributed by atoms with E-state index in [2.05, 4.69) is 15.3 Å². The van der Waals surface area contributed by atoms with Gasteiger partial charge in [-0.25, -0.2) is 0 Å². The number of piperidine rings is 1. The maximum absolute atomic E-state index is 11.0. The lowest BCUT2D eigenvalue weighted by Gasteiger charge is -2.23. The first-order valence-electron chi connectivity index (χ1n) is 6.62. The number of methoxy groups -OCH3 is 1. The minimum Gasteiger partial charge on any atom is -0.476 e. The predicted octanol–water partition coefficient (Wildman–Crippen LogP) is 1.30. The first-order chi connectivity index (χ1) is 9.72. The Hall–Kier alpha value is -1.96. The van der Waals surface area contributed by atoms with Gasteiger partial charge in [0.15, 0.2) is 0 Å². The fourth-order valence-corrected chi connectivity index (χ4v) is 2.23. The smallest absolute Gasteiger partial charge is 0.392 e. The quantitative estimate of drug-likeness (QED) is 0.620. The van der Waals surface area contributed by atoms with Crippen LogP contribution in [-0.2, 0) is 0 Å². The van der Waals surface area contributed by atoms with Crippen molar-refractivity contribution < 1.29 is 14.4 Å². The van der Waals surface area contributed by atoms with Crippen LogP contribution in [0.1, 0.15) is 25.7 Å². The molecular formula is C12H18N4O4. The zero-order valence-electron chi connectivity index (χ0n) is 11.4. The topological polar surface area (TPSA) is 99.4 Å². The van der Waals surface area contributed by atoms with Crippen LogP contribution in [0.2, 0.25) is 0 Å². The fourth-order valence-electron chi connectivity index (χ4n) is 2.23. The number of nitro groups is 1. The first kappa shape index (κ1) is 14.4. The highest BCUT2D eigenvalue weighted by molar-refractivity contribution is 5.48. The first-order valence-corrected chi connectivity index (χ1v) is 6.62. The number of rotatable bonds is 6. The summed E-state index contributed by atoms with van der Waals surface area (Å²) >= 11 is 0. The molecule has 110 valence electrons. The molecule has 1 saturated heterocycles. The summed E-state index contributed by atoms with van der Waals surface area (Å²) in [7, 11) is 1.32. The van der Waals surface area contributed by atoms with E-state index in [-0.39, 0.29) is 17.4 Å². The molecule has 0 bridgehead atoms. The third kappa shape index (κ3) is 3.53. The van der Waals surface area contributed by atoms with Crippen LogP contribution in [-0.4, -0.2) is 41.2 Å². The predicted molar refractivity (Wildman–Crippen MR) is 71.0 cm³/mol. The summed E-state index contributed by atoms with van der Waals surface area (Å²) in [6.07, 6.45) is 5.51. The van der Waals surface area contributed by atoms with Crippen molar-refractivity contribution in [3.63, 3.8) is 0 Å². The maximum Gasteiger partial charge on any atom is 0.392 e. The Morgan fingerprint density at radius 1 is 1.45 bits per heavy atom. The highest BCUT2D eigenvalue weighted by Gasteiger charge is 2.25. The van der Waals surface area contributed by atoms with E-state index in [1.807, 2.05) is 0 Å². The van der Waals surface area contributed by atoms with Crippen LogP contribution in [0, 0.1) is 10.1 Å². The molecule has 1 aromatic rings. The monoisotopic (exact) mass is 282 g/mol. The van der Waals surface area contributed by atoms with Gasteiger partial charge in [0.25, 0.3) is 0 Å². The van der Waals surface area contributed by atoms with Gasteiger partial charge < -0.3 is 14.8 Å². The standard InChI is InChI=1S/C12H18N4O4/c1-19-11-10(16(17)18)12(15-8-14-11)20-7-5-9-4-2-3-6-13-9/h8-9,13H,2-7H2,1H3. The highest BCUT2D eigenvalue weighted by Crippen LogP contribution is 2.32. The van der Waals surface area contributed by atoms with E-state index < -0.39 is 4.92 Å². The summed E-state index contributed by atoms with van der Waals surface area (Å²) < 4.78 is 10.3. The largest absolute Gasteiger partial charge is 0.476 e. The Bertz CT molecular complexity index is 463. The van der Waals surface area contributed by atoms with Gasteiger partial charge in [-0.2, -0.15) is 9.97 Å². The molecule has 1 aliphatic heterocycles. The molecular weight excluding hydrogens is 264 g/mol. The molecule has 0 aromatic carbocycles. The van der Waals surface area contributed by atoms with Crippen molar-refractivity contribution >= 4 is 5.69 Å². The Morgan fingerprint density at radius 3 is 2.90 bits per heavy atom. The van der Waals surface area contributed by atoms with Gasteiger partial charge in [0.05, 0.1) is 18.6 Å². The summed E-state index contributed by atoms with van der Waals surface area (Å²) in [6.45, 7) is 1.39. The van der Waals surface area contributed by atoms with Gasteiger partial charge in [-0.3, -0.25) is 10.1 Å². The zero-order valence-corrected chi connectivity index (χ0v) is 11.4. The average molecular weight is 282 g/mol. The molecule has 1 fully saturated rings. The third-order valence-corrected chi connectivity index (χ3v) is 3.25. The highest BCUT2D eigenvalue weighted by atomic mass is 16.6. The molecule has 2 rings (SSSR count). The molecule has 2 heterocycles. The summed E-state index contributed by atoms with van der Waals surface area (Å²) in [6, 6.07) is 0.409. The lowest BCUT2D eigenvalue weighted by atomic mass is 10.0. The minimum atomic E-state index is -0.590. The van der Waals surface area contributed by atoms with Crippen LogP contribution in [0.3, 0.4) is 0 Å². The van der Waals surface area contributed by atoms with Crippen LogP contribution in [0.5, 0.6) is 11.8 Å². The molecule has 0 spiro atoms. The Kier molecular flexibility index (Phi) is 5.05. The number of hydrogen-bond donors (Lipinski definition) is 1. The van der Waals surface area contributed by atoms with Crippen molar-refractivity contribution in [3.8, 4) is 11.8 Å². The molecule has 0 radical (unpaired) electrons. The number of ether oxygens (including phenoxy) is 2. The van der Waals surface area contributed by atoms with E-state index in [4.69, 9.17) is 9.47 Å². The summed E-state index contributed by atoms with van der Waals surface area (Å²) in [5.74, 6) is -0.131. The zero-order chi connectivity index (χ0) is 14.4. The SMILES string of the molecule is COc1ncnc(OCCC2CCCCN2)c1[N+](=O)[O-]. The van der Waals surface area contributed by atoms with Crippen molar-refractivity contribution in [1.82, 2.24) is 15.3 Å². The molecule has 0 aliphatic carbocycles. The van der Waals surface area contributed by atoms with E-state index >= 15 is 0 Å². The Morgan fingerprint density at radius 2 is 2.25 bits per heavy atom. The number of nitrogens with one attached hydrogen (secondary N) is 1. The van der Waals surface area contributed by atoms with Gasteiger partial charge >= 0.3 is 17.4 Å². The molecule has 1 atom stereocenters. The molecule has 1 unspecified atom stereocenters. The van der Waals surface area contributed by atoms with Crippen molar-refractivity contribution in [2.45, 2.75) is 31.7 Å². The van der Waals surface area contributed by atoms with Crippen molar-refractivity contribution in [1.29, 1.82) is 0 Å². The second-order valence-corrected chi connectivity index (χ2v) is 4.58. The molecule has 0 amide bonds. The molecule has 8 heteroatoms. The summed E-state index contributed by atoms with van der Waals surface area (Å²) in [5, 5.41) is 14.4. The van der Waals surface area contributed by atoms with E-state index in [0.29, 0.717) is 12.6 Å².